The molecule has 24 heavy (non-hydrogen) atoms. The summed E-state index contributed by atoms with van der Waals surface area (Å²) in [5.74, 6) is 1.54. The fourth-order valence-electron chi connectivity index (χ4n) is 3.38. The molecule has 6 heteroatoms. The topological polar surface area (TPSA) is 82.3 Å². The quantitative estimate of drug-likeness (QED) is 0.915. The number of nitriles is 1. The van der Waals surface area contributed by atoms with E-state index in [0.29, 0.717) is 35.2 Å². The third-order valence-corrected chi connectivity index (χ3v) is 4.82. The largest absolute Gasteiger partial charge is 0.507 e. The van der Waals surface area contributed by atoms with Crippen molar-refractivity contribution in [3.63, 3.8) is 0 Å². The maximum absolute atomic E-state index is 10.3. The van der Waals surface area contributed by atoms with Crippen molar-refractivity contribution in [2.45, 2.75) is 32.2 Å². The zero-order valence-electron chi connectivity index (χ0n) is 13.5. The Morgan fingerprint density at radius 3 is 2.79 bits per heavy atom. The minimum atomic E-state index is 0.0347. The monoisotopic (exact) mass is 322 g/mol. The number of hydrogen-bond acceptors (Lipinski definition) is 6. The molecule has 1 N–H and O–H groups in total. The molecule has 0 atom stereocenters. The van der Waals surface area contributed by atoms with Crippen LogP contribution in [0.2, 0.25) is 0 Å². The predicted octanol–water partition coefficient (Wildman–Crippen LogP) is 2.78. The van der Waals surface area contributed by atoms with E-state index in [-0.39, 0.29) is 5.75 Å². The maximum atomic E-state index is 10.3. The molecule has 1 fully saturated rings. The van der Waals surface area contributed by atoms with Crippen LogP contribution in [0.5, 0.6) is 11.5 Å². The summed E-state index contributed by atoms with van der Waals surface area (Å²) in [5.41, 5.74) is 2.36. The molecule has 1 saturated carbocycles. The number of aromatic hydroxyl groups is 1. The van der Waals surface area contributed by atoms with Crippen LogP contribution in [0.1, 0.15) is 30.4 Å². The van der Waals surface area contributed by atoms with Gasteiger partial charge in [-0.3, -0.25) is 0 Å². The summed E-state index contributed by atoms with van der Waals surface area (Å²) in [6.07, 6.45) is 3.65. The fraction of sp³-hybridized carbons (Fsp3) is 0.389. The van der Waals surface area contributed by atoms with Crippen molar-refractivity contribution in [1.82, 2.24) is 10.2 Å². The summed E-state index contributed by atoms with van der Waals surface area (Å²) in [4.78, 5) is 2.28. The number of benzene rings is 1. The lowest BCUT2D eigenvalue weighted by atomic mass is 9.91. The Balaban J connectivity index is 1.75. The number of phenols is 1. The number of aryl methyl sites for hydroxylation is 1. The Kier molecular flexibility index (Phi) is 3.49. The van der Waals surface area contributed by atoms with E-state index in [4.69, 9.17) is 10.00 Å². The van der Waals surface area contributed by atoms with Crippen LogP contribution < -0.4 is 9.64 Å². The molecule has 0 saturated heterocycles. The van der Waals surface area contributed by atoms with Crippen LogP contribution >= 0.6 is 0 Å². The van der Waals surface area contributed by atoms with Crippen molar-refractivity contribution in [3.05, 3.63) is 29.3 Å². The van der Waals surface area contributed by atoms with Crippen molar-refractivity contribution in [2.24, 2.45) is 0 Å². The molecule has 2 aromatic rings. The fourth-order valence-corrected chi connectivity index (χ4v) is 3.38. The highest BCUT2D eigenvalue weighted by Crippen LogP contribution is 2.39. The van der Waals surface area contributed by atoms with Gasteiger partial charge in [-0.05, 0) is 43.9 Å². The van der Waals surface area contributed by atoms with Gasteiger partial charge < -0.3 is 14.7 Å². The molecule has 0 spiro atoms. The van der Waals surface area contributed by atoms with Crippen molar-refractivity contribution >= 4 is 5.82 Å². The first-order chi connectivity index (χ1) is 11.7. The van der Waals surface area contributed by atoms with E-state index < -0.39 is 0 Å². The molecule has 122 valence electrons. The van der Waals surface area contributed by atoms with Crippen molar-refractivity contribution in [3.8, 4) is 28.8 Å². The highest BCUT2D eigenvalue weighted by molar-refractivity contribution is 5.74. The van der Waals surface area contributed by atoms with Gasteiger partial charge in [-0.25, -0.2) is 0 Å². The Bertz CT molecular complexity index is 816. The Hall–Kier alpha value is -2.81. The molecule has 2 aliphatic rings. The number of ether oxygens (including phenoxy) is 1. The number of aromatic nitrogens is 2. The molecule has 1 aromatic carbocycles. The van der Waals surface area contributed by atoms with Gasteiger partial charge in [0.1, 0.15) is 18.1 Å². The van der Waals surface area contributed by atoms with Gasteiger partial charge in [0.15, 0.2) is 11.6 Å². The standard InChI is InChI=1S/C18H18N4O2/c1-11-7-12(10-19)8-15(23)17(11)14-9-16-18(21-20-14)22(5-6-24-16)13-3-2-4-13/h7-9,13,23H,2-6H2,1H3. The second kappa shape index (κ2) is 5.68. The van der Waals surface area contributed by atoms with Crippen LogP contribution in [-0.2, 0) is 0 Å². The van der Waals surface area contributed by atoms with Crippen molar-refractivity contribution in [1.29, 1.82) is 5.26 Å². The molecule has 1 aromatic heterocycles. The molecule has 0 amide bonds. The number of rotatable bonds is 2. The zero-order valence-corrected chi connectivity index (χ0v) is 13.5. The lowest BCUT2D eigenvalue weighted by Gasteiger charge is -2.40. The first-order valence-electron chi connectivity index (χ1n) is 8.18. The van der Waals surface area contributed by atoms with Crippen LogP contribution in [0, 0.1) is 18.3 Å². The number of nitrogens with zero attached hydrogens (tertiary/aromatic N) is 4. The van der Waals surface area contributed by atoms with Crippen LogP contribution in [0.15, 0.2) is 18.2 Å². The molecule has 2 heterocycles. The summed E-state index contributed by atoms with van der Waals surface area (Å²) in [6.45, 7) is 3.32. The average Bonchev–Trinajstić information content (AvgIpc) is 2.52. The third-order valence-electron chi connectivity index (χ3n) is 4.82. The molecule has 1 aliphatic carbocycles. The molecule has 0 unspecified atom stereocenters. The number of phenolic OH excluding ortho intramolecular Hbond substituents is 1. The highest BCUT2D eigenvalue weighted by Gasteiger charge is 2.31. The molecular formula is C18H18N4O2. The van der Waals surface area contributed by atoms with Gasteiger partial charge in [-0.15, -0.1) is 10.2 Å². The van der Waals surface area contributed by atoms with Gasteiger partial charge in [0.25, 0.3) is 0 Å². The predicted molar refractivity (Wildman–Crippen MR) is 89.1 cm³/mol. The smallest absolute Gasteiger partial charge is 0.194 e. The van der Waals surface area contributed by atoms with E-state index in [1.165, 1.54) is 25.3 Å². The van der Waals surface area contributed by atoms with E-state index in [9.17, 15) is 5.11 Å². The molecule has 0 radical (unpaired) electrons. The Labute approximate surface area is 140 Å². The van der Waals surface area contributed by atoms with Crippen LogP contribution in [0.25, 0.3) is 11.3 Å². The third kappa shape index (κ3) is 2.33. The van der Waals surface area contributed by atoms with E-state index in [1.807, 2.05) is 19.1 Å². The summed E-state index contributed by atoms with van der Waals surface area (Å²) in [6, 6.07) is 7.60. The lowest BCUT2D eigenvalue weighted by Crippen LogP contribution is -2.45. The highest BCUT2D eigenvalue weighted by atomic mass is 16.5. The summed E-state index contributed by atoms with van der Waals surface area (Å²) in [5, 5.41) is 28.0. The molecular weight excluding hydrogens is 304 g/mol. The van der Waals surface area contributed by atoms with Crippen LogP contribution in [0.3, 0.4) is 0 Å². The summed E-state index contributed by atoms with van der Waals surface area (Å²) in [7, 11) is 0. The van der Waals surface area contributed by atoms with Gasteiger partial charge in [-0.2, -0.15) is 5.26 Å². The van der Waals surface area contributed by atoms with Crippen molar-refractivity contribution in [2.75, 3.05) is 18.1 Å². The average molecular weight is 322 g/mol. The number of hydrogen-bond donors (Lipinski definition) is 1. The minimum Gasteiger partial charge on any atom is -0.507 e. The van der Waals surface area contributed by atoms with Crippen molar-refractivity contribution < 1.29 is 9.84 Å². The first kappa shape index (κ1) is 14.8. The minimum absolute atomic E-state index is 0.0347. The maximum Gasteiger partial charge on any atom is 0.194 e. The second-order valence-electron chi connectivity index (χ2n) is 6.34. The van der Waals surface area contributed by atoms with E-state index in [2.05, 4.69) is 15.1 Å². The van der Waals surface area contributed by atoms with E-state index >= 15 is 0 Å². The van der Waals surface area contributed by atoms with Crippen LogP contribution in [-0.4, -0.2) is 34.5 Å². The van der Waals surface area contributed by atoms with E-state index in [0.717, 1.165) is 17.9 Å². The normalized spacial score (nSPS) is 16.8. The summed E-state index contributed by atoms with van der Waals surface area (Å²) >= 11 is 0. The van der Waals surface area contributed by atoms with Crippen LogP contribution in [0.4, 0.5) is 5.82 Å². The number of anilines is 1. The van der Waals surface area contributed by atoms with Gasteiger partial charge >= 0.3 is 0 Å². The SMILES string of the molecule is Cc1cc(C#N)cc(O)c1-c1cc2c(nn1)N(C1CCC1)CCO2. The molecule has 0 bridgehead atoms. The molecule has 4 rings (SSSR count). The van der Waals surface area contributed by atoms with Gasteiger partial charge in [0, 0.05) is 17.7 Å². The van der Waals surface area contributed by atoms with Gasteiger partial charge in [-0.1, -0.05) is 0 Å². The van der Waals surface area contributed by atoms with Gasteiger partial charge in [0.2, 0.25) is 0 Å². The number of fused-ring (bicyclic) bond motifs is 1. The van der Waals surface area contributed by atoms with Gasteiger partial charge in [0.05, 0.1) is 18.2 Å². The Morgan fingerprint density at radius 1 is 1.29 bits per heavy atom. The Morgan fingerprint density at radius 2 is 2.12 bits per heavy atom. The second-order valence-corrected chi connectivity index (χ2v) is 6.34. The molecule has 1 aliphatic heterocycles. The zero-order chi connectivity index (χ0) is 16.7. The first-order valence-corrected chi connectivity index (χ1v) is 8.18. The lowest BCUT2D eigenvalue weighted by molar-refractivity contribution is 0.275. The van der Waals surface area contributed by atoms with E-state index in [1.54, 1.807) is 6.07 Å². The molecule has 6 nitrogen and oxygen atoms in total. The summed E-state index contributed by atoms with van der Waals surface area (Å²) < 4.78 is 5.78.